The summed E-state index contributed by atoms with van der Waals surface area (Å²) in [6, 6.07) is 12.8. The van der Waals surface area contributed by atoms with Crippen molar-refractivity contribution in [3.8, 4) is 0 Å². The van der Waals surface area contributed by atoms with Crippen molar-refractivity contribution in [1.29, 1.82) is 0 Å². The Labute approximate surface area is 146 Å². The number of hydrogen-bond acceptors (Lipinski definition) is 3. The molecule has 1 fully saturated rings. The van der Waals surface area contributed by atoms with E-state index in [1.54, 1.807) is 30.3 Å². The van der Waals surface area contributed by atoms with Gasteiger partial charge in [0, 0.05) is 30.2 Å². The lowest BCUT2D eigenvalue weighted by molar-refractivity contribution is 0.271. The van der Waals surface area contributed by atoms with Gasteiger partial charge in [0.2, 0.25) is 10.0 Å². The molecule has 1 N–H and O–H groups in total. The summed E-state index contributed by atoms with van der Waals surface area (Å²) >= 11 is 6.04. The molecule has 0 amide bonds. The van der Waals surface area contributed by atoms with Crippen LogP contribution in [0.4, 0.5) is 4.39 Å². The van der Waals surface area contributed by atoms with Gasteiger partial charge in [-0.1, -0.05) is 41.9 Å². The summed E-state index contributed by atoms with van der Waals surface area (Å²) in [6.45, 7) is 1.40. The zero-order valence-corrected chi connectivity index (χ0v) is 14.5. The molecule has 0 spiro atoms. The van der Waals surface area contributed by atoms with Gasteiger partial charge >= 0.3 is 0 Å². The summed E-state index contributed by atoms with van der Waals surface area (Å²) in [5, 5.41) is 3.77. The van der Waals surface area contributed by atoms with Gasteiger partial charge < -0.3 is 5.32 Å². The Morgan fingerprint density at radius 1 is 1.21 bits per heavy atom. The van der Waals surface area contributed by atoms with E-state index in [9.17, 15) is 12.8 Å². The third-order valence-electron chi connectivity index (χ3n) is 4.08. The predicted octanol–water partition coefficient (Wildman–Crippen LogP) is 2.96. The van der Waals surface area contributed by atoms with Crippen molar-refractivity contribution < 1.29 is 12.8 Å². The molecule has 0 aromatic heterocycles. The van der Waals surface area contributed by atoms with Gasteiger partial charge in [-0.3, -0.25) is 0 Å². The van der Waals surface area contributed by atoms with E-state index in [1.165, 1.54) is 16.4 Å². The van der Waals surface area contributed by atoms with Gasteiger partial charge in [0.1, 0.15) is 5.82 Å². The highest BCUT2D eigenvalue weighted by Gasteiger charge is 2.33. The summed E-state index contributed by atoms with van der Waals surface area (Å²) in [5.41, 5.74) is 1.01. The van der Waals surface area contributed by atoms with Crippen LogP contribution in [0, 0.1) is 5.82 Å². The number of nitrogens with zero attached hydrogens (tertiary/aromatic N) is 1. The predicted molar refractivity (Wildman–Crippen MR) is 92.8 cm³/mol. The lowest BCUT2D eigenvalue weighted by Crippen LogP contribution is -2.49. The first-order chi connectivity index (χ1) is 11.5. The molecule has 1 aliphatic rings. The lowest BCUT2D eigenvalue weighted by Gasteiger charge is -2.35. The molecule has 1 heterocycles. The van der Waals surface area contributed by atoms with E-state index < -0.39 is 15.8 Å². The van der Waals surface area contributed by atoms with Crippen molar-refractivity contribution in [2.24, 2.45) is 0 Å². The van der Waals surface area contributed by atoms with Crippen LogP contribution in [0.5, 0.6) is 0 Å². The molecule has 1 atom stereocenters. The van der Waals surface area contributed by atoms with Gasteiger partial charge in [-0.15, -0.1) is 0 Å². The topological polar surface area (TPSA) is 49.4 Å². The van der Waals surface area contributed by atoms with Crippen molar-refractivity contribution >= 4 is 21.6 Å². The smallest absolute Gasteiger partial charge is 0.219 e. The summed E-state index contributed by atoms with van der Waals surface area (Å²) in [7, 11) is -3.66. The van der Waals surface area contributed by atoms with Crippen LogP contribution in [0.15, 0.2) is 48.5 Å². The number of benzene rings is 2. The first-order valence-corrected chi connectivity index (χ1v) is 9.65. The Morgan fingerprint density at radius 2 is 2.00 bits per heavy atom. The average Bonchev–Trinajstić information content (AvgIpc) is 2.57. The number of sulfonamides is 1. The Bertz CT molecular complexity index is 829. The van der Waals surface area contributed by atoms with Gasteiger partial charge in [0.05, 0.1) is 11.8 Å². The van der Waals surface area contributed by atoms with Gasteiger partial charge in [-0.25, -0.2) is 12.8 Å². The molecule has 3 rings (SSSR count). The second-order valence-electron chi connectivity index (χ2n) is 5.73. The SMILES string of the molecule is O=S(=O)(Cc1ccccc1F)N1CCNCC1c1cccc(Cl)c1. The van der Waals surface area contributed by atoms with Gasteiger partial charge in [-0.05, 0) is 23.8 Å². The molecule has 1 saturated heterocycles. The first-order valence-electron chi connectivity index (χ1n) is 7.66. The van der Waals surface area contributed by atoms with Crippen LogP contribution in [0.3, 0.4) is 0 Å². The summed E-state index contributed by atoms with van der Waals surface area (Å²) in [6.07, 6.45) is 0. The van der Waals surface area contributed by atoms with Crippen molar-refractivity contribution in [3.05, 3.63) is 70.5 Å². The first kappa shape index (κ1) is 17.4. The van der Waals surface area contributed by atoms with Crippen molar-refractivity contribution in [2.45, 2.75) is 11.8 Å². The Kier molecular flexibility index (Phi) is 5.20. The molecule has 1 aliphatic heterocycles. The maximum atomic E-state index is 13.8. The maximum absolute atomic E-state index is 13.8. The number of piperazine rings is 1. The Hall–Kier alpha value is -1.47. The van der Waals surface area contributed by atoms with Gasteiger partial charge in [0.25, 0.3) is 0 Å². The molecule has 4 nitrogen and oxygen atoms in total. The molecule has 7 heteroatoms. The number of hydrogen-bond donors (Lipinski definition) is 1. The maximum Gasteiger partial charge on any atom is 0.219 e. The largest absolute Gasteiger partial charge is 0.313 e. The minimum atomic E-state index is -3.66. The van der Waals surface area contributed by atoms with E-state index in [0.29, 0.717) is 24.7 Å². The minimum absolute atomic E-state index is 0.181. The molecular weight excluding hydrogens is 351 g/mol. The molecule has 2 aromatic rings. The highest BCUT2D eigenvalue weighted by Crippen LogP contribution is 2.28. The van der Waals surface area contributed by atoms with Crippen LogP contribution >= 0.6 is 11.6 Å². The molecule has 0 saturated carbocycles. The highest BCUT2D eigenvalue weighted by molar-refractivity contribution is 7.88. The van der Waals surface area contributed by atoms with Crippen LogP contribution in [0.1, 0.15) is 17.2 Å². The molecule has 1 unspecified atom stereocenters. The molecule has 24 heavy (non-hydrogen) atoms. The minimum Gasteiger partial charge on any atom is -0.313 e. The summed E-state index contributed by atoms with van der Waals surface area (Å²) < 4.78 is 41.0. The molecule has 0 aliphatic carbocycles. The Morgan fingerprint density at radius 3 is 2.75 bits per heavy atom. The Balaban J connectivity index is 1.91. The monoisotopic (exact) mass is 368 g/mol. The molecular formula is C17H18ClFN2O2S. The van der Waals surface area contributed by atoms with Crippen molar-refractivity contribution in [3.63, 3.8) is 0 Å². The van der Waals surface area contributed by atoms with Crippen LogP contribution in [0.25, 0.3) is 0 Å². The van der Waals surface area contributed by atoms with Crippen molar-refractivity contribution in [2.75, 3.05) is 19.6 Å². The second-order valence-corrected chi connectivity index (χ2v) is 8.09. The van der Waals surface area contributed by atoms with Crippen LogP contribution in [-0.2, 0) is 15.8 Å². The zero-order chi connectivity index (χ0) is 17.2. The van der Waals surface area contributed by atoms with Crippen molar-refractivity contribution in [1.82, 2.24) is 9.62 Å². The number of halogens is 2. The molecule has 128 valence electrons. The van der Waals surface area contributed by atoms with Crippen LogP contribution in [-0.4, -0.2) is 32.4 Å². The van der Waals surface area contributed by atoms with Gasteiger partial charge in [0.15, 0.2) is 0 Å². The number of nitrogens with one attached hydrogen (secondary N) is 1. The fourth-order valence-corrected chi connectivity index (χ4v) is 4.86. The standard InChI is InChI=1S/C17H18ClFN2O2S/c18-15-6-3-5-13(10-15)17-11-20-8-9-21(17)24(22,23)12-14-4-1-2-7-16(14)19/h1-7,10,17,20H,8-9,11-12H2. The molecule has 0 bridgehead atoms. The van der Waals surface area contributed by atoms with E-state index in [4.69, 9.17) is 11.6 Å². The highest BCUT2D eigenvalue weighted by atomic mass is 35.5. The third kappa shape index (κ3) is 3.78. The summed E-state index contributed by atoms with van der Waals surface area (Å²) in [5.74, 6) is -0.855. The second kappa shape index (κ2) is 7.19. The average molecular weight is 369 g/mol. The van der Waals surface area contributed by atoms with Crippen LogP contribution < -0.4 is 5.32 Å². The number of rotatable bonds is 4. The van der Waals surface area contributed by atoms with E-state index in [0.717, 1.165) is 5.56 Å². The molecule has 2 aromatic carbocycles. The normalized spacial score (nSPS) is 19.3. The summed E-state index contributed by atoms with van der Waals surface area (Å²) in [4.78, 5) is 0. The molecule has 0 radical (unpaired) electrons. The quantitative estimate of drug-likeness (QED) is 0.902. The van der Waals surface area contributed by atoms with E-state index >= 15 is 0 Å². The zero-order valence-electron chi connectivity index (χ0n) is 13.0. The third-order valence-corrected chi connectivity index (χ3v) is 6.14. The van der Waals surface area contributed by atoms with E-state index in [-0.39, 0.29) is 17.4 Å². The van der Waals surface area contributed by atoms with E-state index in [2.05, 4.69) is 5.32 Å². The lowest BCUT2D eigenvalue weighted by atomic mass is 10.1. The van der Waals surface area contributed by atoms with E-state index in [1.807, 2.05) is 6.07 Å². The van der Waals surface area contributed by atoms with Gasteiger partial charge in [-0.2, -0.15) is 4.31 Å². The fraction of sp³-hybridized carbons (Fsp3) is 0.294. The fourth-order valence-electron chi connectivity index (χ4n) is 2.91. The van der Waals surface area contributed by atoms with Crippen LogP contribution in [0.2, 0.25) is 5.02 Å².